The van der Waals surface area contributed by atoms with E-state index >= 15 is 0 Å². The van der Waals surface area contributed by atoms with E-state index in [0.717, 1.165) is 59.9 Å². The van der Waals surface area contributed by atoms with Crippen molar-refractivity contribution in [3.63, 3.8) is 0 Å². The van der Waals surface area contributed by atoms with Gasteiger partial charge >= 0.3 is 0 Å². The monoisotopic (exact) mass is 407 g/mol. The van der Waals surface area contributed by atoms with E-state index in [4.69, 9.17) is 0 Å². The quantitative estimate of drug-likeness (QED) is 0.484. The van der Waals surface area contributed by atoms with Crippen LogP contribution < -0.4 is 5.32 Å². The van der Waals surface area contributed by atoms with Gasteiger partial charge in [0.2, 0.25) is 0 Å². The number of amides is 1. The van der Waals surface area contributed by atoms with E-state index < -0.39 is 6.10 Å². The number of nitrogens with one attached hydrogen (secondary N) is 2. The normalized spacial score (nSPS) is 16.1. The van der Waals surface area contributed by atoms with Crippen LogP contribution in [0.4, 0.5) is 0 Å². The van der Waals surface area contributed by atoms with Crippen LogP contribution in [0.5, 0.6) is 5.75 Å². The predicted molar refractivity (Wildman–Crippen MR) is 118 cm³/mol. The van der Waals surface area contributed by atoms with Crippen LogP contribution in [0.3, 0.4) is 0 Å². The number of hydrogen-bond acceptors (Lipinski definition) is 4. The van der Waals surface area contributed by atoms with E-state index in [1.165, 1.54) is 0 Å². The van der Waals surface area contributed by atoms with Gasteiger partial charge < -0.3 is 25.4 Å². The van der Waals surface area contributed by atoms with Gasteiger partial charge in [-0.25, -0.2) is 0 Å². The number of para-hydroxylation sites is 1. The number of aliphatic hydroxyl groups excluding tert-OH is 1. The molecule has 1 aliphatic heterocycles. The standard InChI is InChI=1S/C24H29N3O3/c1-16(23(29)17-7-9-19(28)10-8-17)25-12-11-18-15-26-22-20(18)5-4-6-21(22)24(30)27-13-2-3-14-27/h4-10,15-16,23,25-26,28-29H,2-3,11-14H2,1H3/t16-,23-/m0/s1. The number of carbonyl (C=O) groups excluding carboxylic acids is 1. The van der Waals surface area contributed by atoms with Crippen LogP contribution in [0.2, 0.25) is 0 Å². The Balaban J connectivity index is 1.40. The van der Waals surface area contributed by atoms with E-state index in [1.54, 1.807) is 24.3 Å². The fraction of sp³-hybridized carbons (Fsp3) is 0.375. The molecule has 0 spiro atoms. The van der Waals surface area contributed by atoms with Crippen LogP contribution in [0, 0.1) is 0 Å². The molecule has 2 atom stereocenters. The molecule has 0 radical (unpaired) electrons. The molecule has 1 aromatic heterocycles. The summed E-state index contributed by atoms with van der Waals surface area (Å²) in [6, 6.07) is 12.4. The third-order valence-electron chi connectivity index (χ3n) is 5.99. The van der Waals surface area contributed by atoms with E-state index in [9.17, 15) is 15.0 Å². The second-order valence-electron chi connectivity index (χ2n) is 8.07. The second kappa shape index (κ2) is 8.90. The molecule has 4 rings (SSSR count). The van der Waals surface area contributed by atoms with Crippen LogP contribution >= 0.6 is 0 Å². The molecule has 4 N–H and O–H groups in total. The first-order valence-electron chi connectivity index (χ1n) is 10.6. The number of nitrogens with zero attached hydrogens (tertiary/aromatic N) is 1. The Morgan fingerprint density at radius 2 is 1.90 bits per heavy atom. The second-order valence-corrected chi connectivity index (χ2v) is 8.07. The van der Waals surface area contributed by atoms with Crippen LogP contribution in [0.15, 0.2) is 48.7 Å². The molecular weight excluding hydrogens is 378 g/mol. The molecule has 158 valence electrons. The maximum absolute atomic E-state index is 12.9. The average molecular weight is 408 g/mol. The zero-order chi connectivity index (χ0) is 21.1. The molecule has 0 aliphatic carbocycles. The number of benzene rings is 2. The highest BCUT2D eigenvalue weighted by Crippen LogP contribution is 2.25. The highest BCUT2D eigenvalue weighted by molar-refractivity contribution is 6.06. The van der Waals surface area contributed by atoms with Crippen molar-refractivity contribution in [1.29, 1.82) is 0 Å². The molecule has 3 aromatic rings. The van der Waals surface area contributed by atoms with Crippen molar-refractivity contribution in [2.24, 2.45) is 0 Å². The van der Waals surface area contributed by atoms with Crippen molar-refractivity contribution < 1.29 is 15.0 Å². The molecule has 1 fully saturated rings. The zero-order valence-corrected chi connectivity index (χ0v) is 17.3. The molecule has 1 aliphatic rings. The molecule has 0 unspecified atom stereocenters. The van der Waals surface area contributed by atoms with Gasteiger partial charge in [0, 0.05) is 30.7 Å². The number of H-pyrrole nitrogens is 1. The van der Waals surface area contributed by atoms with Crippen molar-refractivity contribution in [1.82, 2.24) is 15.2 Å². The first kappa shape index (κ1) is 20.4. The lowest BCUT2D eigenvalue weighted by atomic mass is 10.0. The Hall–Kier alpha value is -2.83. The van der Waals surface area contributed by atoms with Gasteiger partial charge in [0.1, 0.15) is 5.75 Å². The molecule has 1 amide bonds. The molecule has 2 aromatic carbocycles. The Bertz CT molecular complexity index is 1010. The first-order chi connectivity index (χ1) is 14.5. The minimum absolute atomic E-state index is 0.107. The molecule has 1 saturated heterocycles. The highest BCUT2D eigenvalue weighted by Gasteiger charge is 2.22. The minimum atomic E-state index is -0.654. The molecule has 6 heteroatoms. The van der Waals surface area contributed by atoms with Gasteiger partial charge in [0.15, 0.2) is 0 Å². The van der Waals surface area contributed by atoms with E-state index in [1.807, 2.05) is 30.2 Å². The number of phenolic OH excluding ortho intramolecular Hbond substituents is 1. The summed E-state index contributed by atoms with van der Waals surface area (Å²) in [6.07, 6.45) is 4.27. The topological polar surface area (TPSA) is 88.6 Å². The van der Waals surface area contributed by atoms with Crippen molar-refractivity contribution in [2.45, 2.75) is 38.3 Å². The minimum Gasteiger partial charge on any atom is -0.508 e. The van der Waals surface area contributed by atoms with Crippen LogP contribution in [0.1, 0.15) is 47.4 Å². The van der Waals surface area contributed by atoms with Crippen LogP contribution in [-0.4, -0.2) is 51.7 Å². The van der Waals surface area contributed by atoms with Gasteiger partial charge in [-0.05, 0) is 62.1 Å². The lowest BCUT2D eigenvalue weighted by Gasteiger charge is -2.20. The molecule has 6 nitrogen and oxygen atoms in total. The van der Waals surface area contributed by atoms with Gasteiger partial charge in [0.25, 0.3) is 5.91 Å². The van der Waals surface area contributed by atoms with Crippen molar-refractivity contribution in [3.05, 3.63) is 65.4 Å². The molecular formula is C24H29N3O3. The smallest absolute Gasteiger partial charge is 0.255 e. The number of likely N-dealkylation sites (tertiary alicyclic amines) is 1. The SMILES string of the molecule is C[C@H](NCCc1c[nH]c2c(C(=O)N3CCCC3)cccc12)[C@H](O)c1ccc(O)cc1. The summed E-state index contributed by atoms with van der Waals surface area (Å²) in [4.78, 5) is 18.1. The van der Waals surface area contributed by atoms with Gasteiger partial charge in [-0.3, -0.25) is 4.79 Å². The number of rotatable bonds is 7. The molecule has 0 saturated carbocycles. The van der Waals surface area contributed by atoms with Crippen molar-refractivity contribution in [3.8, 4) is 5.75 Å². The van der Waals surface area contributed by atoms with Gasteiger partial charge in [-0.15, -0.1) is 0 Å². The van der Waals surface area contributed by atoms with Crippen LogP contribution in [-0.2, 0) is 6.42 Å². The summed E-state index contributed by atoms with van der Waals surface area (Å²) in [7, 11) is 0. The maximum Gasteiger partial charge on any atom is 0.255 e. The largest absolute Gasteiger partial charge is 0.508 e. The third-order valence-corrected chi connectivity index (χ3v) is 5.99. The number of aromatic nitrogens is 1. The lowest BCUT2D eigenvalue weighted by Crippen LogP contribution is -2.33. The highest BCUT2D eigenvalue weighted by atomic mass is 16.3. The zero-order valence-electron chi connectivity index (χ0n) is 17.3. The van der Waals surface area contributed by atoms with Gasteiger partial charge in [-0.1, -0.05) is 24.3 Å². The van der Waals surface area contributed by atoms with E-state index in [-0.39, 0.29) is 17.7 Å². The van der Waals surface area contributed by atoms with Crippen molar-refractivity contribution in [2.75, 3.05) is 19.6 Å². The summed E-state index contributed by atoms with van der Waals surface area (Å²) < 4.78 is 0. The molecule has 2 heterocycles. The maximum atomic E-state index is 12.9. The lowest BCUT2D eigenvalue weighted by molar-refractivity contribution is 0.0794. The number of aromatic hydroxyl groups is 1. The molecule has 0 bridgehead atoms. The van der Waals surface area contributed by atoms with E-state index in [0.29, 0.717) is 6.54 Å². The summed E-state index contributed by atoms with van der Waals surface area (Å²) in [5.74, 6) is 0.295. The summed E-state index contributed by atoms with van der Waals surface area (Å²) in [6.45, 7) is 4.33. The third kappa shape index (κ3) is 4.20. The van der Waals surface area contributed by atoms with E-state index in [2.05, 4.69) is 16.4 Å². The Kier molecular flexibility index (Phi) is 6.06. The number of carbonyl (C=O) groups is 1. The molecule has 30 heavy (non-hydrogen) atoms. The Labute approximate surface area is 176 Å². The predicted octanol–water partition coefficient (Wildman–Crippen LogP) is 3.36. The summed E-state index contributed by atoms with van der Waals surface area (Å²) >= 11 is 0. The number of hydrogen-bond donors (Lipinski definition) is 4. The summed E-state index contributed by atoms with van der Waals surface area (Å²) in [5.41, 5.74) is 3.57. The number of fused-ring (bicyclic) bond motifs is 1. The van der Waals surface area contributed by atoms with Gasteiger partial charge in [-0.2, -0.15) is 0 Å². The fourth-order valence-corrected chi connectivity index (χ4v) is 4.19. The van der Waals surface area contributed by atoms with Gasteiger partial charge in [0.05, 0.1) is 17.2 Å². The number of aromatic amines is 1. The number of phenols is 1. The number of aliphatic hydroxyl groups is 1. The van der Waals surface area contributed by atoms with Crippen LogP contribution in [0.25, 0.3) is 10.9 Å². The fourth-order valence-electron chi connectivity index (χ4n) is 4.19. The first-order valence-corrected chi connectivity index (χ1v) is 10.6. The Morgan fingerprint density at radius 1 is 1.17 bits per heavy atom. The average Bonchev–Trinajstić information content (AvgIpc) is 3.43. The summed E-state index contributed by atoms with van der Waals surface area (Å²) in [5, 5.41) is 24.4. The Morgan fingerprint density at radius 3 is 2.63 bits per heavy atom. The van der Waals surface area contributed by atoms with Crippen molar-refractivity contribution >= 4 is 16.8 Å².